The van der Waals surface area contributed by atoms with E-state index in [0.717, 1.165) is 11.3 Å². The second-order valence-corrected chi connectivity index (χ2v) is 8.30. The average molecular weight is 388 g/mol. The van der Waals surface area contributed by atoms with Crippen molar-refractivity contribution >= 4 is 15.7 Å². The first kappa shape index (κ1) is 19.2. The van der Waals surface area contributed by atoms with Crippen LogP contribution >= 0.6 is 0 Å². The molecule has 0 aliphatic rings. The number of rotatable bonds is 6. The molecule has 0 unspecified atom stereocenters. The lowest BCUT2D eigenvalue weighted by Crippen LogP contribution is -2.15. The summed E-state index contributed by atoms with van der Waals surface area (Å²) in [5.74, 6) is 0. The summed E-state index contributed by atoms with van der Waals surface area (Å²) in [6, 6.07) is 8.10. The third-order valence-corrected chi connectivity index (χ3v) is 6.30. The van der Waals surface area contributed by atoms with E-state index in [2.05, 4.69) is 34.0 Å². The van der Waals surface area contributed by atoms with Gasteiger partial charge in [-0.25, -0.2) is 8.42 Å². The summed E-state index contributed by atoms with van der Waals surface area (Å²) in [5.41, 5.74) is 4.89. The van der Waals surface area contributed by atoms with Gasteiger partial charge < -0.3 is 0 Å². The van der Waals surface area contributed by atoms with Crippen molar-refractivity contribution in [2.45, 2.75) is 52.6 Å². The maximum absolute atomic E-state index is 12.9. The molecule has 1 N–H and O–H groups in total. The Kier molecular flexibility index (Phi) is 5.10. The zero-order chi connectivity index (χ0) is 19.8. The second-order valence-electron chi connectivity index (χ2n) is 6.65. The molecule has 2 heterocycles. The van der Waals surface area contributed by atoms with Gasteiger partial charge in [0, 0.05) is 6.54 Å². The van der Waals surface area contributed by atoms with Gasteiger partial charge in [0.2, 0.25) is 0 Å². The van der Waals surface area contributed by atoms with Crippen LogP contribution in [0, 0.1) is 27.7 Å². The highest BCUT2D eigenvalue weighted by Crippen LogP contribution is 2.25. The maximum Gasteiger partial charge on any atom is 0.265 e. The van der Waals surface area contributed by atoms with Crippen LogP contribution in [0.5, 0.6) is 0 Å². The summed E-state index contributed by atoms with van der Waals surface area (Å²) < 4.78 is 32.0. The van der Waals surface area contributed by atoms with Crippen LogP contribution in [0.2, 0.25) is 0 Å². The number of aromatic nitrogens is 4. The summed E-state index contributed by atoms with van der Waals surface area (Å²) in [4.78, 5) is 0.190. The molecular weight excluding hydrogens is 362 g/mol. The summed E-state index contributed by atoms with van der Waals surface area (Å²) in [6.07, 6.45) is 1.39. The Hall–Kier alpha value is -2.61. The number of benzene rings is 1. The lowest BCUT2D eigenvalue weighted by atomic mass is 10.1. The van der Waals surface area contributed by atoms with Gasteiger partial charge in [0.15, 0.2) is 0 Å². The van der Waals surface area contributed by atoms with E-state index in [4.69, 9.17) is 0 Å². The zero-order valence-corrected chi connectivity index (χ0v) is 17.1. The Morgan fingerprint density at radius 3 is 2.37 bits per heavy atom. The van der Waals surface area contributed by atoms with E-state index < -0.39 is 10.0 Å². The van der Waals surface area contributed by atoms with Gasteiger partial charge in [-0.2, -0.15) is 10.2 Å². The van der Waals surface area contributed by atoms with E-state index in [-0.39, 0.29) is 4.90 Å². The number of hydrogen-bond acceptors (Lipinski definition) is 4. The summed E-state index contributed by atoms with van der Waals surface area (Å²) >= 11 is 0. The van der Waals surface area contributed by atoms with Crippen LogP contribution in [-0.4, -0.2) is 28.0 Å². The molecule has 0 spiro atoms. The molecule has 1 aromatic carbocycles. The van der Waals surface area contributed by atoms with Crippen molar-refractivity contribution in [3.63, 3.8) is 0 Å². The van der Waals surface area contributed by atoms with Gasteiger partial charge in [0.25, 0.3) is 10.0 Å². The summed E-state index contributed by atoms with van der Waals surface area (Å²) in [6.45, 7) is 10.6. The number of sulfonamides is 1. The van der Waals surface area contributed by atoms with Crippen molar-refractivity contribution in [1.82, 2.24) is 19.6 Å². The van der Waals surface area contributed by atoms with E-state index in [1.54, 1.807) is 11.6 Å². The number of nitrogens with one attached hydrogen (secondary N) is 1. The van der Waals surface area contributed by atoms with Crippen molar-refractivity contribution in [3.05, 3.63) is 58.7 Å². The Bertz CT molecular complexity index is 1080. The maximum atomic E-state index is 12.9. The molecule has 0 bridgehead atoms. The molecule has 0 amide bonds. The Balaban J connectivity index is 1.93. The smallest absolute Gasteiger partial charge is 0.265 e. The average Bonchev–Trinajstić information content (AvgIpc) is 3.12. The van der Waals surface area contributed by atoms with E-state index in [1.165, 1.54) is 11.8 Å². The number of aryl methyl sites for hydroxylation is 3. The Labute approximate surface area is 160 Å². The number of nitrogens with zero attached hydrogens (tertiary/aromatic N) is 4. The predicted molar refractivity (Wildman–Crippen MR) is 105 cm³/mol. The first-order valence-electron chi connectivity index (χ1n) is 8.88. The van der Waals surface area contributed by atoms with Gasteiger partial charge in [-0.3, -0.25) is 14.1 Å². The molecule has 3 rings (SSSR count). The zero-order valence-electron chi connectivity index (χ0n) is 16.3. The molecule has 27 heavy (non-hydrogen) atoms. The normalized spacial score (nSPS) is 11.7. The van der Waals surface area contributed by atoms with Crippen LogP contribution in [0.25, 0.3) is 0 Å². The molecule has 7 nitrogen and oxygen atoms in total. The lowest BCUT2D eigenvalue weighted by molar-refractivity contribution is 0.598. The van der Waals surface area contributed by atoms with E-state index >= 15 is 0 Å². The van der Waals surface area contributed by atoms with Gasteiger partial charge in [-0.15, -0.1) is 0 Å². The van der Waals surface area contributed by atoms with Gasteiger partial charge in [-0.05, 0) is 45.7 Å². The minimum Gasteiger partial charge on any atom is -0.276 e. The first-order chi connectivity index (χ1) is 12.7. The summed E-state index contributed by atoms with van der Waals surface area (Å²) in [7, 11) is -3.73. The SMILES string of the molecule is CCn1ncc(S(=O)(=O)Nc2c(C)nn(Cc3ccccc3C)c2C)c1C. The van der Waals surface area contributed by atoms with Crippen LogP contribution in [0.4, 0.5) is 5.69 Å². The predicted octanol–water partition coefficient (Wildman–Crippen LogP) is 3.18. The van der Waals surface area contributed by atoms with E-state index in [1.807, 2.05) is 37.6 Å². The monoisotopic (exact) mass is 387 g/mol. The molecule has 0 aliphatic heterocycles. The Morgan fingerprint density at radius 2 is 1.74 bits per heavy atom. The fourth-order valence-electron chi connectivity index (χ4n) is 3.15. The highest BCUT2D eigenvalue weighted by Gasteiger charge is 2.24. The minimum atomic E-state index is -3.73. The highest BCUT2D eigenvalue weighted by molar-refractivity contribution is 7.92. The van der Waals surface area contributed by atoms with Crippen LogP contribution in [0.15, 0.2) is 35.4 Å². The lowest BCUT2D eigenvalue weighted by Gasteiger charge is -2.10. The van der Waals surface area contributed by atoms with Crippen molar-refractivity contribution in [2.24, 2.45) is 0 Å². The van der Waals surface area contributed by atoms with Crippen molar-refractivity contribution in [3.8, 4) is 0 Å². The second kappa shape index (κ2) is 7.19. The first-order valence-corrected chi connectivity index (χ1v) is 10.4. The number of anilines is 1. The van der Waals surface area contributed by atoms with Crippen LogP contribution < -0.4 is 4.72 Å². The van der Waals surface area contributed by atoms with Gasteiger partial charge >= 0.3 is 0 Å². The van der Waals surface area contributed by atoms with E-state index in [0.29, 0.717) is 30.2 Å². The van der Waals surface area contributed by atoms with Gasteiger partial charge in [0.05, 0.1) is 35.5 Å². The molecule has 0 aliphatic carbocycles. The number of hydrogen-bond donors (Lipinski definition) is 1. The van der Waals surface area contributed by atoms with Gasteiger partial charge in [0.1, 0.15) is 4.90 Å². The van der Waals surface area contributed by atoms with Crippen LogP contribution in [-0.2, 0) is 23.1 Å². The van der Waals surface area contributed by atoms with Crippen LogP contribution in [0.3, 0.4) is 0 Å². The molecule has 3 aromatic rings. The quantitative estimate of drug-likeness (QED) is 0.704. The molecular formula is C19H25N5O2S. The van der Waals surface area contributed by atoms with Crippen molar-refractivity contribution < 1.29 is 8.42 Å². The van der Waals surface area contributed by atoms with Crippen molar-refractivity contribution in [2.75, 3.05) is 4.72 Å². The Morgan fingerprint density at radius 1 is 1.04 bits per heavy atom. The molecule has 0 radical (unpaired) electrons. The third-order valence-electron chi connectivity index (χ3n) is 4.85. The van der Waals surface area contributed by atoms with E-state index in [9.17, 15) is 8.42 Å². The molecule has 0 atom stereocenters. The minimum absolute atomic E-state index is 0.190. The van der Waals surface area contributed by atoms with Crippen molar-refractivity contribution in [1.29, 1.82) is 0 Å². The largest absolute Gasteiger partial charge is 0.276 e. The highest BCUT2D eigenvalue weighted by atomic mass is 32.2. The molecule has 8 heteroatoms. The van der Waals surface area contributed by atoms with Gasteiger partial charge in [-0.1, -0.05) is 24.3 Å². The fourth-order valence-corrected chi connectivity index (χ4v) is 4.50. The van der Waals surface area contributed by atoms with Crippen LogP contribution in [0.1, 0.15) is 35.1 Å². The molecule has 0 saturated heterocycles. The molecule has 0 fully saturated rings. The molecule has 0 saturated carbocycles. The topological polar surface area (TPSA) is 81.8 Å². The standard InChI is InChI=1S/C19H25N5O2S/c1-6-23-15(4)18(11-20-23)27(25,26)22-19-14(3)21-24(16(19)5)12-17-10-8-7-9-13(17)2/h7-11,22H,6,12H2,1-5H3. The molecule has 144 valence electrons. The third kappa shape index (κ3) is 3.62. The molecule has 2 aromatic heterocycles. The summed E-state index contributed by atoms with van der Waals surface area (Å²) in [5, 5.41) is 8.67. The fraction of sp³-hybridized carbons (Fsp3) is 0.368.